The molecule has 1 fully saturated rings. The van der Waals surface area contributed by atoms with Gasteiger partial charge in [0, 0.05) is 32.5 Å². The molecule has 0 aromatic rings. The first-order chi connectivity index (χ1) is 9.65. The number of amides is 2. The van der Waals surface area contributed by atoms with Crippen molar-refractivity contribution in [1.82, 2.24) is 10.2 Å². The minimum absolute atomic E-state index is 0.0626. The van der Waals surface area contributed by atoms with Gasteiger partial charge < -0.3 is 10.2 Å². The van der Waals surface area contributed by atoms with Crippen molar-refractivity contribution in [1.29, 1.82) is 0 Å². The van der Waals surface area contributed by atoms with Crippen LogP contribution in [0.3, 0.4) is 0 Å². The van der Waals surface area contributed by atoms with Gasteiger partial charge in [0.15, 0.2) is 0 Å². The number of unbranched alkanes of at least 4 members (excludes halogenated alkanes) is 1. The number of nitrogens with zero attached hydrogens (tertiary/aromatic N) is 1. The molecule has 1 saturated carbocycles. The van der Waals surface area contributed by atoms with Gasteiger partial charge in [0.25, 0.3) is 0 Å². The van der Waals surface area contributed by atoms with Crippen LogP contribution >= 0.6 is 0 Å². The fourth-order valence-corrected chi connectivity index (χ4v) is 2.90. The highest BCUT2D eigenvalue weighted by Crippen LogP contribution is 2.22. The summed E-state index contributed by atoms with van der Waals surface area (Å²) in [6, 6.07) is 0.425. The van der Waals surface area contributed by atoms with Gasteiger partial charge in [0.2, 0.25) is 11.8 Å². The molecule has 1 rings (SSSR count). The molecule has 116 valence electrons. The van der Waals surface area contributed by atoms with Crippen molar-refractivity contribution in [3.63, 3.8) is 0 Å². The summed E-state index contributed by atoms with van der Waals surface area (Å²) in [5, 5.41) is 2.72. The van der Waals surface area contributed by atoms with E-state index in [0.29, 0.717) is 19.0 Å². The number of carbonyl (C=O) groups excluding carboxylic acids is 2. The normalized spacial score (nSPS) is 16.5. The maximum atomic E-state index is 12.4. The van der Waals surface area contributed by atoms with Crippen molar-refractivity contribution in [2.24, 2.45) is 0 Å². The third-order valence-electron chi connectivity index (χ3n) is 4.05. The zero-order valence-electron chi connectivity index (χ0n) is 13.1. The Bertz CT molecular complexity index is 297. The molecule has 0 saturated heterocycles. The molecule has 0 aromatic carbocycles. The quantitative estimate of drug-likeness (QED) is 0.730. The summed E-state index contributed by atoms with van der Waals surface area (Å²) in [6.07, 6.45) is 10.0. The Morgan fingerprint density at radius 2 is 1.80 bits per heavy atom. The van der Waals surface area contributed by atoms with E-state index < -0.39 is 0 Å². The molecule has 20 heavy (non-hydrogen) atoms. The summed E-state index contributed by atoms with van der Waals surface area (Å²) in [4.78, 5) is 25.4. The van der Waals surface area contributed by atoms with Crippen molar-refractivity contribution in [3.8, 4) is 0 Å². The minimum atomic E-state index is -0.0626. The van der Waals surface area contributed by atoms with E-state index >= 15 is 0 Å². The lowest BCUT2D eigenvalue weighted by molar-refractivity contribution is -0.133. The highest BCUT2D eigenvalue weighted by Gasteiger charge is 2.23. The molecular formula is C16H30N2O2. The van der Waals surface area contributed by atoms with Crippen molar-refractivity contribution in [3.05, 3.63) is 0 Å². The van der Waals surface area contributed by atoms with Crippen molar-refractivity contribution >= 4 is 11.8 Å². The standard InChI is InChI=1S/C16H30N2O2/c1-3-4-13-18(15-9-7-5-6-8-10-15)16(20)11-12-17-14(2)19/h15H,3-13H2,1-2H3,(H,17,19). The first kappa shape index (κ1) is 17.0. The second-order valence-corrected chi connectivity index (χ2v) is 5.82. The highest BCUT2D eigenvalue weighted by molar-refractivity contribution is 5.78. The van der Waals surface area contributed by atoms with Gasteiger partial charge >= 0.3 is 0 Å². The van der Waals surface area contributed by atoms with E-state index in [4.69, 9.17) is 0 Å². The maximum Gasteiger partial charge on any atom is 0.224 e. The lowest BCUT2D eigenvalue weighted by Crippen LogP contribution is -2.42. The van der Waals surface area contributed by atoms with Crippen LogP contribution in [0.4, 0.5) is 0 Å². The number of carbonyl (C=O) groups is 2. The van der Waals surface area contributed by atoms with Crippen molar-refractivity contribution in [2.75, 3.05) is 13.1 Å². The van der Waals surface area contributed by atoms with Crippen LogP contribution in [-0.2, 0) is 9.59 Å². The van der Waals surface area contributed by atoms with E-state index in [2.05, 4.69) is 17.1 Å². The number of hydrogen-bond donors (Lipinski definition) is 1. The molecule has 0 atom stereocenters. The summed E-state index contributed by atoms with van der Waals surface area (Å²) in [7, 11) is 0. The number of hydrogen-bond acceptors (Lipinski definition) is 2. The monoisotopic (exact) mass is 282 g/mol. The summed E-state index contributed by atoms with van der Waals surface area (Å²) in [6.45, 7) is 4.99. The molecule has 1 aliphatic rings. The fraction of sp³-hybridized carbons (Fsp3) is 0.875. The summed E-state index contributed by atoms with van der Waals surface area (Å²) < 4.78 is 0. The van der Waals surface area contributed by atoms with Crippen LogP contribution in [0, 0.1) is 0 Å². The van der Waals surface area contributed by atoms with Gasteiger partial charge in [-0.1, -0.05) is 39.0 Å². The Morgan fingerprint density at radius 3 is 2.35 bits per heavy atom. The van der Waals surface area contributed by atoms with Crippen LogP contribution in [0.5, 0.6) is 0 Å². The molecular weight excluding hydrogens is 252 g/mol. The molecule has 1 N–H and O–H groups in total. The van der Waals surface area contributed by atoms with Crippen LogP contribution in [0.25, 0.3) is 0 Å². The number of rotatable bonds is 7. The summed E-state index contributed by atoms with van der Waals surface area (Å²) in [5.74, 6) is 0.145. The second kappa shape index (κ2) is 9.78. The van der Waals surface area contributed by atoms with Crippen LogP contribution in [-0.4, -0.2) is 35.8 Å². The van der Waals surface area contributed by atoms with Gasteiger partial charge in [0.1, 0.15) is 0 Å². The average Bonchev–Trinajstić information content (AvgIpc) is 2.68. The Labute approximate surface area is 123 Å². The molecule has 0 bridgehead atoms. The molecule has 0 spiro atoms. The van der Waals surface area contributed by atoms with Gasteiger partial charge in [-0.15, -0.1) is 0 Å². The Hall–Kier alpha value is -1.06. The average molecular weight is 282 g/mol. The topological polar surface area (TPSA) is 49.4 Å². The van der Waals surface area contributed by atoms with Gasteiger partial charge in [-0.25, -0.2) is 0 Å². The highest BCUT2D eigenvalue weighted by atomic mass is 16.2. The van der Waals surface area contributed by atoms with E-state index in [-0.39, 0.29) is 11.8 Å². The Kier molecular flexibility index (Phi) is 8.31. The molecule has 4 heteroatoms. The van der Waals surface area contributed by atoms with Crippen LogP contribution < -0.4 is 5.32 Å². The Balaban J connectivity index is 2.51. The van der Waals surface area contributed by atoms with E-state index in [1.54, 1.807) is 0 Å². The van der Waals surface area contributed by atoms with E-state index in [0.717, 1.165) is 32.2 Å². The summed E-state index contributed by atoms with van der Waals surface area (Å²) in [5.41, 5.74) is 0. The molecule has 4 nitrogen and oxygen atoms in total. The van der Waals surface area contributed by atoms with Crippen molar-refractivity contribution in [2.45, 2.75) is 77.7 Å². The first-order valence-corrected chi connectivity index (χ1v) is 8.19. The fourth-order valence-electron chi connectivity index (χ4n) is 2.90. The van der Waals surface area contributed by atoms with E-state index in [9.17, 15) is 9.59 Å². The van der Waals surface area contributed by atoms with Crippen LogP contribution in [0.1, 0.15) is 71.6 Å². The largest absolute Gasteiger partial charge is 0.356 e. The predicted molar refractivity (Wildman–Crippen MR) is 81.4 cm³/mol. The second-order valence-electron chi connectivity index (χ2n) is 5.82. The lowest BCUT2D eigenvalue weighted by Gasteiger charge is -2.31. The third-order valence-corrected chi connectivity index (χ3v) is 4.05. The minimum Gasteiger partial charge on any atom is -0.356 e. The summed E-state index contributed by atoms with van der Waals surface area (Å²) >= 11 is 0. The van der Waals surface area contributed by atoms with Gasteiger partial charge in [-0.3, -0.25) is 9.59 Å². The van der Waals surface area contributed by atoms with Gasteiger partial charge in [-0.05, 0) is 19.3 Å². The molecule has 0 unspecified atom stereocenters. The molecule has 0 aliphatic heterocycles. The Morgan fingerprint density at radius 1 is 1.15 bits per heavy atom. The van der Waals surface area contributed by atoms with Crippen molar-refractivity contribution < 1.29 is 9.59 Å². The van der Waals surface area contributed by atoms with Crippen LogP contribution in [0.2, 0.25) is 0 Å². The predicted octanol–water partition coefficient (Wildman–Crippen LogP) is 2.86. The van der Waals surface area contributed by atoms with E-state index in [1.165, 1.54) is 32.6 Å². The molecule has 0 aromatic heterocycles. The molecule has 2 amide bonds. The zero-order chi connectivity index (χ0) is 14.8. The molecule has 0 radical (unpaired) electrons. The maximum absolute atomic E-state index is 12.4. The molecule has 1 aliphatic carbocycles. The van der Waals surface area contributed by atoms with Gasteiger partial charge in [-0.2, -0.15) is 0 Å². The van der Waals surface area contributed by atoms with Crippen LogP contribution in [0.15, 0.2) is 0 Å². The third kappa shape index (κ3) is 6.40. The lowest BCUT2D eigenvalue weighted by atomic mass is 10.1. The van der Waals surface area contributed by atoms with Gasteiger partial charge in [0.05, 0.1) is 0 Å². The first-order valence-electron chi connectivity index (χ1n) is 8.19. The zero-order valence-corrected chi connectivity index (χ0v) is 13.1. The SMILES string of the molecule is CCCCN(C(=O)CCNC(C)=O)C1CCCCCC1. The molecule has 0 heterocycles. The van der Waals surface area contributed by atoms with E-state index in [1.807, 2.05) is 0 Å². The smallest absolute Gasteiger partial charge is 0.224 e. The number of nitrogens with one attached hydrogen (secondary N) is 1.